The second kappa shape index (κ2) is 9.42. The van der Waals surface area contributed by atoms with Gasteiger partial charge in [0, 0.05) is 31.1 Å². The molecule has 3 amide bonds. The maximum atomic E-state index is 12.9. The first-order valence-electron chi connectivity index (χ1n) is 10.8. The van der Waals surface area contributed by atoms with Crippen LogP contribution in [0.2, 0.25) is 0 Å². The molecule has 2 aliphatic rings. The number of nitrogens with one attached hydrogen (secondary N) is 2. The zero-order valence-corrected chi connectivity index (χ0v) is 17.7. The van der Waals surface area contributed by atoms with E-state index in [0.717, 1.165) is 31.2 Å². The Labute approximate surface area is 173 Å². The minimum atomic E-state index is -0.563. The van der Waals surface area contributed by atoms with Crippen molar-refractivity contribution in [3.05, 3.63) is 35.4 Å². The van der Waals surface area contributed by atoms with Gasteiger partial charge in [0.05, 0.1) is 0 Å². The standard InChI is InChI=1S/C23H33N3O3/c1-15(2)14-20(27)26-12-10-17(11-13-26)21(23(29)24-19-8-9-19)25-22(28)18-6-4-16(3)5-7-18/h4-7,15,17,19,21H,8-14H2,1-3H3,(H,24,29)(H,25,28)/t21-/m0/s1. The van der Waals surface area contributed by atoms with E-state index in [-0.39, 0.29) is 29.7 Å². The van der Waals surface area contributed by atoms with Crippen molar-refractivity contribution in [3.63, 3.8) is 0 Å². The van der Waals surface area contributed by atoms with Crippen LogP contribution in [0.5, 0.6) is 0 Å². The Morgan fingerprint density at radius 1 is 1.03 bits per heavy atom. The number of hydrogen-bond donors (Lipinski definition) is 2. The normalized spacial score (nSPS) is 18.4. The van der Waals surface area contributed by atoms with Crippen LogP contribution in [0.3, 0.4) is 0 Å². The van der Waals surface area contributed by atoms with Crippen LogP contribution in [0.4, 0.5) is 0 Å². The quantitative estimate of drug-likeness (QED) is 0.740. The lowest BCUT2D eigenvalue weighted by molar-refractivity contribution is -0.133. The predicted molar refractivity (Wildman–Crippen MR) is 112 cm³/mol. The third-order valence-electron chi connectivity index (χ3n) is 5.75. The van der Waals surface area contributed by atoms with E-state index in [1.165, 1.54) is 0 Å². The van der Waals surface area contributed by atoms with E-state index in [1.54, 1.807) is 12.1 Å². The number of carbonyl (C=O) groups is 3. The molecule has 1 atom stereocenters. The van der Waals surface area contributed by atoms with Crippen LogP contribution in [-0.4, -0.2) is 47.8 Å². The average molecular weight is 400 g/mol. The molecular formula is C23H33N3O3. The zero-order chi connectivity index (χ0) is 21.0. The largest absolute Gasteiger partial charge is 0.352 e. The topological polar surface area (TPSA) is 78.5 Å². The minimum Gasteiger partial charge on any atom is -0.352 e. The molecule has 3 rings (SSSR count). The third-order valence-corrected chi connectivity index (χ3v) is 5.75. The van der Waals surface area contributed by atoms with Gasteiger partial charge in [0.25, 0.3) is 5.91 Å². The summed E-state index contributed by atoms with van der Waals surface area (Å²) in [6.07, 6.45) is 4.01. The van der Waals surface area contributed by atoms with Gasteiger partial charge in [-0.05, 0) is 56.6 Å². The van der Waals surface area contributed by atoms with E-state index in [1.807, 2.05) is 37.8 Å². The van der Waals surface area contributed by atoms with E-state index >= 15 is 0 Å². The van der Waals surface area contributed by atoms with Crippen molar-refractivity contribution < 1.29 is 14.4 Å². The molecule has 1 aliphatic heterocycles. The van der Waals surface area contributed by atoms with Crippen LogP contribution in [0.25, 0.3) is 0 Å². The Bertz CT molecular complexity index is 732. The van der Waals surface area contributed by atoms with Gasteiger partial charge >= 0.3 is 0 Å². The van der Waals surface area contributed by atoms with Crippen molar-refractivity contribution in [2.45, 2.75) is 65.0 Å². The second-order valence-corrected chi connectivity index (χ2v) is 8.92. The van der Waals surface area contributed by atoms with Crippen molar-refractivity contribution in [3.8, 4) is 0 Å². The minimum absolute atomic E-state index is 0.0336. The van der Waals surface area contributed by atoms with Crippen LogP contribution in [0, 0.1) is 18.8 Å². The summed E-state index contributed by atoms with van der Waals surface area (Å²) in [6, 6.07) is 7.04. The molecule has 29 heavy (non-hydrogen) atoms. The number of nitrogens with zero attached hydrogens (tertiary/aromatic N) is 1. The molecule has 2 fully saturated rings. The Balaban J connectivity index is 1.64. The van der Waals surface area contributed by atoms with Crippen molar-refractivity contribution >= 4 is 17.7 Å². The number of carbonyl (C=O) groups excluding carboxylic acids is 3. The monoisotopic (exact) mass is 399 g/mol. The van der Waals surface area contributed by atoms with Gasteiger partial charge in [0.15, 0.2) is 0 Å². The van der Waals surface area contributed by atoms with E-state index < -0.39 is 6.04 Å². The fourth-order valence-corrected chi connectivity index (χ4v) is 3.81. The highest BCUT2D eigenvalue weighted by atomic mass is 16.2. The molecule has 1 aliphatic carbocycles. The molecule has 0 radical (unpaired) electrons. The van der Waals surface area contributed by atoms with E-state index in [0.29, 0.717) is 31.0 Å². The predicted octanol–water partition coefficient (Wildman–Crippen LogP) is 2.66. The van der Waals surface area contributed by atoms with Crippen LogP contribution in [0.15, 0.2) is 24.3 Å². The molecule has 1 saturated carbocycles. The van der Waals surface area contributed by atoms with Gasteiger partial charge in [-0.15, -0.1) is 0 Å². The molecule has 0 spiro atoms. The smallest absolute Gasteiger partial charge is 0.251 e. The number of likely N-dealkylation sites (tertiary alicyclic amines) is 1. The maximum absolute atomic E-state index is 12.9. The summed E-state index contributed by atoms with van der Waals surface area (Å²) in [4.78, 5) is 39.9. The number of aryl methyl sites for hydroxylation is 1. The van der Waals surface area contributed by atoms with Gasteiger partial charge in [0.2, 0.25) is 11.8 Å². The Morgan fingerprint density at radius 3 is 2.21 bits per heavy atom. The summed E-state index contributed by atoms with van der Waals surface area (Å²) < 4.78 is 0. The second-order valence-electron chi connectivity index (χ2n) is 8.92. The van der Waals surface area contributed by atoms with Crippen LogP contribution < -0.4 is 10.6 Å². The molecule has 1 saturated heterocycles. The summed E-state index contributed by atoms with van der Waals surface area (Å²) in [5.41, 5.74) is 1.65. The highest BCUT2D eigenvalue weighted by molar-refractivity contribution is 5.97. The highest BCUT2D eigenvalue weighted by Crippen LogP contribution is 2.24. The number of hydrogen-bond acceptors (Lipinski definition) is 3. The molecule has 6 heteroatoms. The van der Waals surface area contributed by atoms with Gasteiger partial charge in [-0.3, -0.25) is 14.4 Å². The summed E-state index contributed by atoms with van der Waals surface area (Å²) in [6.45, 7) is 7.35. The number of benzene rings is 1. The molecule has 1 heterocycles. The van der Waals surface area contributed by atoms with Gasteiger partial charge in [-0.25, -0.2) is 0 Å². The molecular weight excluding hydrogens is 366 g/mol. The van der Waals surface area contributed by atoms with Gasteiger partial charge in [-0.2, -0.15) is 0 Å². The Hall–Kier alpha value is -2.37. The summed E-state index contributed by atoms with van der Waals surface area (Å²) in [7, 11) is 0. The fourth-order valence-electron chi connectivity index (χ4n) is 3.81. The van der Waals surface area contributed by atoms with E-state index in [2.05, 4.69) is 10.6 Å². The van der Waals surface area contributed by atoms with Crippen LogP contribution in [-0.2, 0) is 9.59 Å². The summed E-state index contributed by atoms with van der Waals surface area (Å²) in [5.74, 6) is 0.234. The lowest BCUT2D eigenvalue weighted by Gasteiger charge is -2.36. The average Bonchev–Trinajstić information content (AvgIpc) is 3.50. The Kier molecular flexibility index (Phi) is 6.93. The summed E-state index contributed by atoms with van der Waals surface area (Å²) in [5, 5.41) is 6.02. The molecule has 6 nitrogen and oxygen atoms in total. The first-order chi connectivity index (χ1) is 13.8. The van der Waals surface area contributed by atoms with Crippen LogP contribution >= 0.6 is 0 Å². The number of amides is 3. The number of piperidine rings is 1. The van der Waals surface area contributed by atoms with Crippen molar-refractivity contribution in [1.29, 1.82) is 0 Å². The summed E-state index contributed by atoms with van der Waals surface area (Å²) >= 11 is 0. The Morgan fingerprint density at radius 2 is 1.66 bits per heavy atom. The number of rotatable bonds is 7. The molecule has 0 aromatic heterocycles. The SMILES string of the molecule is Cc1ccc(C(=O)N[C@H](C(=O)NC2CC2)C2CCN(C(=O)CC(C)C)CC2)cc1. The van der Waals surface area contributed by atoms with Crippen molar-refractivity contribution in [2.24, 2.45) is 11.8 Å². The fraction of sp³-hybridized carbons (Fsp3) is 0.609. The van der Waals surface area contributed by atoms with E-state index in [4.69, 9.17) is 0 Å². The highest BCUT2D eigenvalue weighted by Gasteiger charge is 2.36. The molecule has 0 bridgehead atoms. The van der Waals surface area contributed by atoms with Crippen molar-refractivity contribution in [1.82, 2.24) is 15.5 Å². The lowest BCUT2D eigenvalue weighted by atomic mass is 9.88. The lowest BCUT2D eigenvalue weighted by Crippen LogP contribution is -2.54. The third kappa shape index (κ3) is 6.05. The molecule has 158 valence electrons. The van der Waals surface area contributed by atoms with Crippen LogP contribution in [0.1, 0.15) is 61.9 Å². The molecule has 2 N–H and O–H groups in total. The zero-order valence-electron chi connectivity index (χ0n) is 17.7. The van der Waals surface area contributed by atoms with Crippen molar-refractivity contribution in [2.75, 3.05) is 13.1 Å². The first-order valence-corrected chi connectivity index (χ1v) is 10.8. The maximum Gasteiger partial charge on any atom is 0.251 e. The van der Waals surface area contributed by atoms with Gasteiger partial charge in [-0.1, -0.05) is 31.5 Å². The first kappa shape index (κ1) is 21.3. The van der Waals surface area contributed by atoms with Gasteiger partial charge in [0.1, 0.15) is 6.04 Å². The molecule has 0 unspecified atom stereocenters. The van der Waals surface area contributed by atoms with E-state index in [9.17, 15) is 14.4 Å². The van der Waals surface area contributed by atoms with Gasteiger partial charge < -0.3 is 15.5 Å². The molecule has 1 aromatic rings. The molecule has 1 aromatic carbocycles.